The molecule has 0 aliphatic carbocycles. The second-order valence-corrected chi connectivity index (χ2v) is 3.94. The van der Waals surface area contributed by atoms with E-state index in [-0.39, 0.29) is 11.9 Å². The van der Waals surface area contributed by atoms with Crippen LogP contribution >= 0.6 is 0 Å². The van der Waals surface area contributed by atoms with Crippen LogP contribution in [0.15, 0.2) is 16.7 Å². The number of furan rings is 1. The molecule has 1 atom stereocenters. The van der Waals surface area contributed by atoms with Gasteiger partial charge in [0, 0.05) is 25.7 Å². The minimum Gasteiger partial charge on any atom is -0.469 e. The fraction of sp³-hybridized carbons (Fsp3) is 0.545. The Kier molecular flexibility index (Phi) is 2.77. The molecule has 4 heteroatoms. The lowest BCUT2D eigenvalue weighted by Crippen LogP contribution is -2.52. The first-order valence-electron chi connectivity index (χ1n) is 5.26. The Morgan fingerprint density at radius 3 is 3.07 bits per heavy atom. The summed E-state index contributed by atoms with van der Waals surface area (Å²) >= 11 is 0. The summed E-state index contributed by atoms with van der Waals surface area (Å²) < 4.78 is 5.15. The first kappa shape index (κ1) is 10.2. The van der Waals surface area contributed by atoms with Gasteiger partial charge in [-0.2, -0.15) is 0 Å². The maximum atomic E-state index is 12.1. The largest absolute Gasteiger partial charge is 0.469 e. The van der Waals surface area contributed by atoms with Crippen LogP contribution in [0.2, 0.25) is 0 Å². The average molecular weight is 208 g/mol. The number of nitrogens with zero attached hydrogens (tertiary/aromatic N) is 1. The molecule has 1 fully saturated rings. The molecule has 1 amide bonds. The summed E-state index contributed by atoms with van der Waals surface area (Å²) in [5, 5.41) is 3.26. The molecule has 0 aromatic carbocycles. The third-order valence-corrected chi connectivity index (χ3v) is 2.85. The van der Waals surface area contributed by atoms with Gasteiger partial charge in [-0.1, -0.05) is 0 Å². The fourth-order valence-electron chi connectivity index (χ4n) is 1.90. The van der Waals surface area contributed by atoms with E-state index in [0.717, 1.165) is 19.6 Å². The second-order valence-electron chi connectivity index (χ2n) is 3.94. The summed E-state index contributed by atoms with van der Waals surface area (Å²) in [6, 6.07) is 1.99. The van der Waals surface area contributed by atoms with Gasteiger partial charge in [0.25, 0.3) is 5.91 Å². The number of aryl methyl sites for hydroxylation is 1. The molecule has 1 aliphatic rings. The molecule has 4 nitrogen and oxygen atoms in total. The SMILES string of the molecule is Cc1occc1C(=O)N1CCNC[C@H]1C. The number of piperazine rings is 1. The molecule has 15 heavy (non-hydrogen) atoms. The molecule has 0 saturated carbocycles. The Labute approximate surface area is 89.2 Å². The highest BCUT2D eigenvalue weighted by atomic mass is 16.3. The molecule has 2 rings (SSSR count). The van der Waals surface area contributed by atoms with Crippen LogP contribution in [0.1, 0.15) is 23.0 Å². The number of rotatable bonds is 1. The van der Waals surface area contributed by atoms with Gasteiger partial charge < -0.3 is 14.6 Å². The average Bonchev–Trinajstić information content (AvgIpc) is 2.64. The fourth-order valence-corrected chi connectivity index (χ4v) is 1.90. The predicted molar refractivity (Wildman–Crippen MR) is 56.8 cm³/mol. The molecule has 82 valence electrons. The molecule has 2 heterocycles. The monoisotopic (exact) mass is 208 g/mol. The van der Waals surface area contributed by atoms with Crippen LogP contribution in [0.5, 0.6) is 0 Å². The van der Waals surface area contributed by atoms with Crippen molar-refractivity contribution in [3.63, 3.8) is 0 Å². The van der Waals surface area contributed by atoms with Crippen LogP contribution < -0.4 is 5.32 Å². The summed E-state index contributed by atoms with van der Waals surface area (Å²) in [5.41, 5.74) is 0.684. The van der Waals surface area contributed by atoms with Crippen LogP contribution in [-0.4, -0.2) is 36.5 Å². The van der Waals surface area contributed by atoms with E-state index in [1.807, 2.05) is 11.8 Å². The molecule has 0 unspecified atom stereocenters. The van der Waals surface area contributed by atoms with Crippen molar-refractivity contribution >= 4 is 5.91 Å². The first-order chi connectivity index (χ1) is 7.20. The van der Waals surface area contributed by atoms with Gasteiger partial charge in [0.15, 0.2) is 0 Å². The first-order valence-corrected chi connectivity index (χ1v) is 5.26. The van der Waals surface area contributed by atoms with Crippen LogP contribution in [0.25, 0.3) is 0 Å². The van der Waals surface area contributed by atoms with E-state index in [9.17, 15) is 4.79 Å². The van der Waals surface area contributed by atoms with E-state index < -0.39 is 0 Å². The van der Waals surface area contributed by atoms with E-state index in [2.05, 4.69) is 12.2 Å². The van der Waals surface area contributed by atoms with Gasteiger partial charge in [0.2, 0.25) is 0 Å². The van der Waals surface area contributed by atoms with Gasteiger partial charge >= 0.3 is 0 Å². The third-order valence-electron chi connectivity index (χ3n) is 2.85. The molecule has 1 saturated heterocycles. The lowest BCUT2D eigenvalue weighted by molar-refractivity contribution is 0.0654. The summed E-state index contributed by atoms with van der Waals surface area (Å²) in [7, 11) is 0. The van der Waals surface area contributed by atoms with Crippen LogP contribution in [-0.2, 0) is 0 Å². The predicted octanol–water partition coefficient (Wildman–Crippen LogP) is 1.02. The van der Waals surface area contributed by atoms with E-state index in [1.165, 1.54) is 0 Å². The van der Waals surface area contributed by atoms with Crippen LogP contribution in [0.3, 0.4) is 0 Å². The van der Waals surface area contributed by atoms with Crippen molar-refractivity contribution in [1.29, 1.82) is 0 Å². The smallest absolute Gasteiger partial charge is 0.257 e. The highest BCUT2D eigenvalue weighted by molar-refractivity contribution is 5.95. The number of nitrogens with one attached hydrogen (secondary N) is 1. The molecule has 1 N–H and O–H groups in total. The molecule has 1 aromatic rings. The maximum Gasteiger partial charge on any atom is 0.257 e. The highest BCUT2D eigenvalue weighted by Crippen LogP contribution is 2.14. The standard InChI is InChI=1S/C11H16N2O2/c1-8-7-12-4-5-13(8)11(14)10-3-6-15-9(10)2/h3,6,8,12H,4-5,7H2,1-2H3/t8-/m1/s1. The summed E-state index contributed by atoms with van der Waals surface area (Å²) in [6.07, 6.45) is 1.56. The second kappa shape index (κ2) is 4.06. The number of carbonyl (C=O) groups excluding carboxylic acids is 1. The van der Waals surface area contributed by atoms with Gasteiger partial charge in [-0.05, 0) is 19.9 Å². The molecule has 0 radical (unpaired) electrons. The Hall–Kier alpha value is -1.29. The summed E-state index contributed by atoms with van der Waals surface area (Å²) in [5.74, 6) is 0.779. The Balaban J connectivity index is 2.17. The summed E-state index contributed by atoms with van der Waals surface area (Å²) in [6.45, 7) is 6.37. The maximum absolute atomic E-state index is 12.1. The zero-order valence-corrected chi connectivity index (χ0v) is 9.12. The quantitative estimate of drug-likeness (QED) is 0.749. The number of amides is 1. The molecule has 0 spiro atoms. The van der Waals surface area contributed by atoms with Crippen molar-refractivity contribution in [1.82, 2.24) is 10.2 Å². The minimum atomic E-state index is 0.0789. The van der Waals surface area contributed by atoms with Gasteiger partial charge in [0.1, 0.15) is 5.76 Å². The van der Waals surface area contributed by atoms with Crippen LogP contribution in [0.4, 0.5) is 0 Å². The molecule has 0 bridgehead atoms. The van der Waals surface area contributed by atoms with E-state index in [0.29, 0.717) is 11.3 Å². The lowest BCUT2D eigenvalue weighted by Gasteiger charge is -2.33. The van der Waals surface area contributed by atoms with E-state index in [4.69, 9.17) is 4.42 Å². The highest BCUT2D eigenvalue weighted by Gasteiger charge is 2.25. The molecule has 1 aliphatic heterocycles. The van der Waals surface area contributed by atoms with Crippen molar-refractivity contribution in [2.75, 3.05) is 19.6 Å². The van der Waals surface area contributed by atoms with Gasteiger partial charge in [0.05, 0.1) is 11.8 Å². The topological polar surface area (TPSA) is 45.5 Å². The zero-order chi connectivity index (χ0) is 10.8. The normalized spacial score (nSPS) is 21.7. The Bertz CT molecular complexity index is 359. The van der Waals surface area contributed by atoms with Gasteiger partial charge in [-0.15, -0.1) is 0 Å². The number of hydrogen-bond donors (Lipinski definition) is 1. The van der Waals surface area contributed by atoms with Gasteiger partial charge in [-0.3, -0.25) is 4.79 Å². The zero-order valence-electron chi connectivity index (χ0n) is 9.12. The molecule has 1 aromatic heterocycles. The molecular weight excluding hydrogens is 192 g/mol. The molecular formula is C11H16N2O2. The number of carbonyl (C=O) groups is 1. The third kappa shape index (κ3) is 1.90. The van der Waals surface area contributed by atoms with Crippen molar-refractivity contribution in [2.24, 2.45) is 0 Å². The van der Waals surface area contributed by atoms with E-state index in [1.54, 1.807) is 12.3 Å². The lowest BCUT2D eigenvalue weighted by atomic mass is 10.1. The minimum absolute atomic E-state index is 0.0789. The summed E-state index contributed by atoms with van der Waals surface area (Å²) in [4.78, 5) is 14.0. The van der Waals surface area contributed by atoms with Gasteiger partial charge in [-0.25, -0.2) is 0 Å². The van der Waals surface area contributed by atoms with Crippen molar-refractivity contribution in [3.05, 3.63) is 23.7 Å². The van der Waals surface area contributed by atoms with Crippen molar-refractivity contribution in [2.45, 2.75) is 19.9 Å². The van der Waals surface area contributed by atoms with Crippen molar-refractivity contribution < 1.29 is 9.21 Å². The van der Waals surface area contributed by atoms with Crippen LogP contribution in [0, 0.1) is 6.92 Å². The Morgan fingerprint density at radius 2 is 2.47 bits per heavy atom. The van der Waals surface area contributed by atoms with E-state index >= 15 is 0 Å². The Morgan fingerprint density at radius 1 is 1.67 bits per heavy atom. The van der Waals surface area contributed by atoms with Crippen molar-refractivity contribution in [3.8, 4) is 0 Å². The number of hydrogen-bond acceptors (Lipinski definition) is 3.